The summed E-state index contributed by atoms with van der Waals surface area (Å²) < 4.78 is 0. The lowest BCUT2D eigenvalue weighted by molar-refractivity contribution is -0.141. The molecule has 0 aromatic carbocycles. The molecule has 0 bridgehead atoms. The quantitative estimate of drug-likeness (QED) is 0.783. The van der Waals surface area contributed by atoms with Gasteiger partial charge in [0, 0.05) is 18.5 Å². The number of nitrogens with zero attached hydrogens (tertiary/aromatic N) is 1. The fourth-order valence-electron chi connectivity index (χ4n) is 1.32. The van der Waals surface area contributed by atoms with Gasteiger partial charge < -0.3 is 10.2 Å². The van der Waals surface area contributed by atoms with Crippen LogP contribution in [0.1, 0.15) is 34.6 Å². The fraction of sp³-hybridized carbons (Fsp3) is 0.833. The van der Waals surface area contributed by atoms with Crippen molar-refractivity contribution < 1.29 is 9.59 Å². The van der Waals surface area contributed by atoms with Gasteiger partial charge in [-0.3, -0.25) is 9.59 Å². The van der Waals surface area contributed by atoms with E-state index in [-0.39, 0.29) is 29.8 Å². The molecule has 0 rings (SSSR count). The number of alkyl halides is 1. The van der Waals surface area contributed by atoms with Crippen molar-refractivity contribution >= 4 is 23.4 Å². The highest BCUT2D eigenvalue weighted by Gasteiger charge is 2.30. The third kappa shape index (κ3) is 5.91. The Hall–Kier alpha value is -0.770. The van der Waals surface area contributed by atoms with Crippen LogP contribution in [0.25, 0.3) is 0 Å². The smallest absolute Gasteiger partial charge is 0.240 e. The van der Waals surface area contributed by atoms with E-state index in [0.29, 0.717) is 0 Å². The van der Waals surface area contributed by atoms with Gasteiger partial charge in [0.1, 0.15) is 0 Å². The molecule has 17 heavy (non-hydrogen) atoms. The summed E-state index contributed by atoms with van der Waals surface area (Å²) in [5.41, 5.74) is -0.929. The van der Waals surface area contributed by atoms with E-state index in [4.69, 9.17) is 11.6 Å². The molecule has 2 amide bonds. The Balaban J connectivity index is 4.41. The second-order valence-electron chi connectivity index (χ2n) is 5.98. The van der Waals surface area contributed by atoms with Crippen LogP contribution in [-0.4, -0.2) is 41.7 Å². The highest BCUT2D eigenvalue weighted by atomic mass is 35.5. The first-order chi connectivity index (χ1) is 7.49. The normalized spacial score (nSPS) is 12.2. The van der Waals surface area contributed by atoms with Crippen LogP contribution in [0.4, 0.5) is 0 Å². The minimum atomic E-state index is -0.641. The van der Waals surface area contributed by atoms with Crippen molar-refractivity contribution in [3.05, 3.63) is 0 Å². The van der Waals surface area contributed by atoms with Crippen molar-refractivity contribution in [2.45, 2.75) is 40.2 Å². The van der Waals surface area contributed by atoms with Crippen LogP contribution in [-0.2, 0) is 9.59 Å². The number of carbonyl (C=O) groups is 2. The van der Waals surface area contributed by atoms with Gasteiger partial charge in [0.05, 0.1) is 12.0 Å². The van der Waals surface area contributed by atoms with Gasteiger partial charge >= 0.3 is 0 Å². The zero-order valence-corrected chi connectivity index (χ0v) is 12.3. The number of nitrogens with one attached hydrogen (secondary N) is 1. The van der Waals surface area contributed by atoms with Crippen LogP contribution < -0.4 is 5.32 Å². The van der Waals surface area contributed by atoms with Gasteiger partial charge in [-0.05, 0) is 34.6 Å². The van der Waals surface area contributed by atoms with E-state index in [1.54, 1.807) is 20.9 Å². The third-order valence-electron chi connectivity index (χ3n) is 2.15. The minimum Gasteiger partial charge on any atom is -0.350 e. The lowest BCUT2D eigenvalue weighted by atomic mass is 9.94. The summed E-state index contributed by atoms with van der Waals surface area (Å²) in [5, 5.41) is 2.81. The first-order valence-corrected chi connectivity index (χ1v) is 6.15. The lowest BCUT2D eigenvalue weighted by Gasteiger charge is -2.28. The Bertz CT molecular complexity index is 295. The molecule has 1 N–H and O–H groups in total. The summed E-state index contributed by atoms with van der Waals surface area (Å²) >= 11 is 5.73. The highest BCUT2D eigenvalue weighted by molar-refractivity contribution is 6.19. The Morgan fingerprint density at radius 2 is 1.65 bits per heavy atom. The Morgan fingerprint density at radius 3 is 2.00 bits per heavy atom. The van der Waals surface area contributed by atoms with Crippen molar-refractivity contribution in [3.63, 3.8) is 0 Å². The molecule has 0 fully saturated rings. The van der Waals surface area contributed by atoms with Gasteiger partial charge in [0.25, 0.3) is 0 Å². The maximum absolute atomic E-state index is 12.0. The highest BCUT2D eigenvalue weighted by Crippen LogP contribution is 2.19. The van der Waals surface area contributed by atoms with Crippen LogP contribution in [0.15, 0.2) is 0 Å². The average molecular weight is 263 g/mol. The summed E-state index contributed by atoms with van der Waals surface area (Å²) in [6.45, 7) is 9.28. The van der Waals surface area contributed by atoms with Gasteiger partial charge in [-0.15, -0.1) is 11.6 Å². The molecule has 0 aliphatic heterocycles. The maximum Gasteiger partial charge on any atom is 0.240 e. The monoisotopic (exact) mass is 262 g/mol. The summed E-state index contributed by atoms with van der Waals surface area (Å²) in [4.78, 5) is 25.0. The van der Waals surface area contributed by atoms with E-state index in [0.717, 1.165) is 0 Å². The maximum atomic E-state index is 12.0. The van der Waals surface area contributed by atoms with E-state index in [1.807, 2.05) is 20.8 Å². The molecule has 5 heteroatoms. The molecule has 100 valence electrons. The second kappa shape index (κ2) is 5.71. The van der Waals surface area contributed by atoms with Gasteiger partial charge in [-0.1, -0.05) is 0 Å². The van der Waals surface area contributed by atoms with Crippen molar-refractivity contribution in [2.24, 2.45) is 5.41 Å². The molecule has 4 nitrogen and oxygen atoms in total. The number of hydrogen-bond acceptors (Lipinski definition) is 2. The molecule has 0 saturated heterocycles. The molecular weight excluding hydrogens is 240 g/mol. The molecule has 0 heterocycles. The molecule has 0 radical (unpaired) electrons. The molecule has 0 aromatic heterocycles. The molecule has 0 unspecified atom stereocenters. The van der Waals surface area contributed by atoms with Crippen molar-refractivity contribution in [1.82, 2.24) is 10.2 Å². The molecule has 0 atom stereocenters. The standard InChI is InChI=1S/C12H23ClN2O2/c1-11(2,3)14-9(16)7-15(6)10(17)12(4,5)8-13/h7-8H2,1-6H3,(H,14,16). The van der Waals surface area contributed by atoms with E-state index in [2.05, 4.69) is 5.32 Å². The van der Waals surface area contributed by atoms with Gasteiger partial charge in [-0.2, -0.15) is 0 Å². The van der Waals surface area contributed by atoms with Gasteiger partial charge in [0.15, 0.2) is 0 Å². The zero-order valence-electron chi connectivity index (χ0n) is 11.6. The van der Waals surface area contributed by atoms with Crippen LogP contribution in [0.3, 0.4) is 0 Å². The van der Waals surface area contributed by atoms with E-state index < -0.39 is 5.41 Å². The number of rotatable bonds is 4. The minimum absolute atomic E-state index is 0.0520. The Morgan fingerprint density at radius 1 is 1.18 bits per heavy atom. The zero-order chi connectivity index (χ0) is 13.9. The number of halogens is 1. The van der Waals surface area contributed by atoms with Crippen LogP contribution in [0.5, 0.6) is 0 Å². The van der Waals surface area contributed by atoms with Crippen molar-refractivity contribution in [3.8, 4) is 0 Å². The summed E-state index contributed by atoms with van der Waals surface area (Å²) in [7, 11) is 1.61. The molecule has 0 aliphatic rings. The molecule has 0 spiro atoms. The first kappa shape index (κ1) is 16.2. The number of carbonyl (C=O) groups excluding carboxylic acids is 2. The predicted octanol–water partition coefficient (Wildman–Crippen LogP) is 1.62. The number of hydrogen-bond donors (Lipinski definition) is 1. The number of likely N-dealkylation sites (N-methyl/N-ethyl adjacent to an activating group) is 1. The second-order valence-corrected chi connectivity index (χ2v) is 6.24. The lowest BCUT2D eigenvalue weighted by Crippen LogP contribution is -2.48. The first-order valence-electron chi connectivity index (χ1n) is 5.62. The molecule has 0 saturated carbocycles. The Labute approximate surface area is 109 Å². The van der Waals surface area contributed by atoms with Crippen LogP contribution in [0, 0.1) is 5.41 Å². The predicted molar refractivity (Wildman–Crippen MR) is 70.0 cm³/mol. The largest absolute Gasteiger partial charge is 0.350 e. The van der Waals surface area contributed by atoms with Crippen molar-refractivity contribution in [2.75, 3.05) is 19.5 Å². The SMILES string of the molecule is CN(CC(=O)NC(C)(C)C)C(=O)C(C)(C)CCl. The Kier molecular flexibility index (Phi) is 5.46. The summed E-state index contributed by atoms with van der Waals surface area (Å²) in [6.07, 6.45) is 0. The molecule has 0 aromatic rings. The topological polar surface area (TPSA) is 49.4 Å². The third-order valence-corrected chi connectivity index (χ3v) is 2.82. The average Bonchev–Trinajstić information content (AvgIpc) is 2.13. The van der Waals surface area contributed by atoms with Crippen LogP contribution in [0.2, 0.25) is 0 Å². The van der Waals surface area contributed by atoms with E-state index in [1.165, 1.54) is 4.90 Å². The fourth-order valence-corrected chi connectivity index (χ4v) is 1.43. The van der Waals surface area contributed by atoms with Crippen molar-refractivity contribution in [1.29, 1.82) is 0 Å². The molecule has 0 aliphatic carbocycles. The number of amides is 2. The van der Waals surface area contributed by atoms with Crippen LogP contribution >= 0.6 is 11.6 Å². The summed E-state index contributed by atoms with van der Waals surface area (Å²) in [6, 6.07) is 0. The van der Waals surface area contributed by atoms with Gasteiger partial charge in [0.2, 0.25) is 11.8 Å². The van der Waals surface area contributed by atoms with E-state index >= 15 is 0 Å². The van der Waals surface area contributed by atoms with E-state index in [9.17, 15) is 9.59 Å². The molecular formula is C12H23ClN2O2. The summed E-state index contributed by atoms with van der Waals surface area (Å²) in [5.74, 6) is -0.0628. The van der Waals surface area contributed by atoms with Gasteiger partial charge in [-0.25, -0.2) is 0 Å².